The van der Waals surface area contributed by atoms with E-state index in [0.29, 0.717) is 17.9 Å². The number of thiophene rings is 1. The van der Waals surface area contributed by atoms with Crippen LogP contribution in [0.15, 0.2) is 35.7 Å². The van der Waals surface area contributed by atoms with Crippen molar-refractivity contribution in [2.24, 2.45) is 0 Å². The molecule has 0 fully saturated rings. The first-order chi connectivity index (χ1) is 8.47. The summed E-state index contributed by atoms with van der Waals surface area (Å²) in [7, 11) is 0. The maximum absolute atomic E-state index is 12.3. The highest BCUT2D eigenvalue weighted by atomic mass is 32.1. The Morgan fingerprint density at radius 1 is 1.11 bits per heavy atom. The summed E-state index contributed by atoms with van der Waals surface area (Å²) in [6.07, 6.45) is -4.29. The molecule has 0 radical (unpaired) electrons. The Morgan fingerprint density at radius 3 is 2.28 bits per heavy atom. The zero-order chi connectivity index (χ0) is 13.2. The molecule has 0 unspecified atom stereocenters. The lowest BCUT2D eigenvalue weighted by Crippen LogP contribution is -2.05. The van der Waals surface area contributed by atoms with Gasteiger partial charge in [0.05, 0.1) is 12.1 Å². The van der Waals surface area contributed by atoms with E-state index in [1.807, 2.05) is 5.38 Å². The van der Waals surface area contributed by atoms with Crippen LogP contribution in [0.4, 0.5) is 24.5 Å². The van der Waals surface area contributed by atoms with Crippen molar-refractivity contribution in [2.75, 3.05) is 11.1 Å². The smallest absolute Gasteiger partial charge is 0.398 e. The van der Waals surface area contributed by atoms with E-state index in [0.717, 1.165) is 17.0 Å². The van der Waals surface area contributed by atoms with Crippen LogP contribution in [-0.4, -0.2) is 0 Å². The fraction of sp³-hybridized carbons (Fsp3) is 0.167. The lowest BCUT2D eigenvalue weighted by Gasteiger charge is -2.09. The van der Waals surface area contributed by atoms with Crippen LogP contribution >= 0.6 is 11.3 Å². The molecule has 1 aromatic carbocycles. The molecule has 0 amide bonds. The lowest BCUT2D eigenvalue weighted by molar-refractivity contribution is -0.137. The highest BCUT2D eigenvalue weighted by molar-refractivity contribution is 7.10. The number of hydrogen-bond acceptors (Lipinski definition) is 3. The minimum atomic E-state index is -4.29. The van der Waals surface area contributed by atoms with Crippen molar-refractivity contribution in [3.8, 4) is 0 Å². The van der Waals surface area contributed by atoms with Gasteiger partial charge in [-0.15, -0.1) is 11.3 Å². The summed E-state index contributed by atoms with van der Waals surface area (Å²) in [5.41, 5.74) is 6.39. The molecule has 0 atom stereocenters. The number of rotatable bonds is 3. The summed E-state index contributed by atoms with van der Waals surface area (Å²) < 4.78 is 37.0. The highest BCUT2D eigenvalue weighted by Crippen LogP contribution is 2.30. The number of anilines is 2. The van der Waals surface area contributed by atoms with Crippen molar-refractivity contribution >= 4 is 22.7 Å². The van der Waals surface area contributed by atoms with Gasteiger partial charge >= 0.3 is 6.18 Å². The number of nitrogens with two attached hydrogens (primary N) is 1. The molecule has 0 saturated carbocycles. The van der Waals surface area contributed by atoms with Crippen molar-refractivity contribution in [3.63, 3.8) is 0 Å². The Kier molecular flexibility index (Phi) is 3.47. The largest absolute Gasteiger partial charge is 0.416 e. The minimum absolute atomic E-state index is 0.509. The molecule has 3 N–H and O–H groups in total. The quantitative estimate of drug-likeness (QED) is 0.887. The maximum atomic E-state index is 12.3. The summed E-state index contributed by atoms with van der Waals surface area (Å²) in [6.45, 7) is 0.509. The molecule has 0 aliphatic carbocycles. The van der Waals surface area contributed by atoms with Gasteiger partial charge in [0.2, 0.25) is 0 Å². The number of halogens is 3. The number of nitrogens with one attached hydrogen (secondary N) is 1. The van der Waals surface area contributed by atoms with Gasteiger partial charge < -0.3 is 11.1 Å². The second kappa shape index (κ2) is 4.89. The van der Waals surface area contributed by atoms with E-state index in [1.54, 1.807) is 6.07 Å². The summed E-state index contributed by atoms with van der Waals surface area (Å²) in [4.78, 5) is 0.967. The predicted octanol–water partition coefficient (Wildman–Crippen LogP) is 3.96. The molecule has 0 saturated heterocycles. The van der Waals surface area contributed by atoms with E-state index in [9.17, 15) is 13.2 Å². The SMILES string of the molecule is Nc1ccsc1CNc1ccc(C(F)(F)F)cc1. The van der Waals surface area contributed by atoms with E-state index in [4.69, 9.17) is 5.73 Å². The monoisotopic (exact) mass is 272 g/mol. The zero-order valence-electron chi connectivity index (χ0n) is 9.29. The fourth-order valence-electron chi connectivity index (χ4n) is 1.45. The molecule has 0 bridgehead atoms. The standard InChI is InChI=1S/C12H11F3N2S/c13-12(14,15)8-1-3-9(4-2-8)17-7-11-10(16)5-6-18-11/h1-6,17H,7,16H2. The number of benzene rings is 1. The molecular formula is C12H11F3N2S. The maximum Gasteiger partial charge on any atom is 0.416 e. The second-order valence-electron chi connectivity index (χ2n) is 3.73. The van der Waals surface area contributed by atoms with Crippen LogP contribution in [0.5, 0.6) is 0 Å². The average molecular weight is 272 g/mol. The fourth-order valence-corrected chi connectivity index (χ4v) is 2.19. The molecular weight excluding hydrogens is 261 g/mol. The van der Waals surface area contributed by atoms with Gasteiger partial charge in [0, 0.05) is 16.3 Å². The molecule has 2 nitrogen and oxygen atoms in total. The molecule has 2 rings (SSSR count). The number of hydrogen-bond donors (Lipinski definition) is 2. The first-order valence-corrected chi connectivity index (χ1v) is 6.08. The topological polar surface area (TPSA) is 38.0 Å². The Hall–Kier alpha value is -1.69. The highest BCUT2D eigenvalue weighted by Gasteiger charge is 2.29. The van der Waals surface area contributed by atoms with Crippen LogP contribution in [0, 0.1) is 0 Å². The van der Waals surface area contributed by atoms with E-state index in [2.05, 4.69) is 5.32 Å². The average Bonchev–Trinajstić information content (AvgIpc) is 2.72. The second-order valence-corrected chi connectivity index (χ2v) is 4.73. The van der Waals surface area contributed by atoms with Gasteiger partial charge in [0.1, 0.15) is 0 Å². The van der Waals surface area contributed by atoms with Gasteiger partial charge in [-0.3, -0.25) is 0 Å². The normalized spacial score (nSPS) is 11.5. The molecule has 6 heteroatoms. The van der Waals surface area contributed by atoms with Crippen LogP contribution in [0.1, 0.15) is 10.4 Å². The predicted molar refractivity (Wildman–Crippen MR) is 67.5 cm³/mol. The first-order valence-electron chi connectivity index (χ1n) is 5.20. The third-order valence-electron chi connectivity index (χ3n) is 2.45. The molecule has 96 valence electrons. The number of nitrogen functional groups attached to an aromatic ring is 1. The molecule has 0 spiro atoms. The zero-order valence-corrected chi connectivity index (χ0v) is 10.1. The lowest BCUT2D eigenvalue weighted by atomic mass is 10.2. The van der Waals surface area contributed by atoms with Gasteiger partial charge in [0.25, 0.3) is 0 Å². The number of alkyl halides is 3. The van der Waals surface area contributed by atoms with Gasteiger partial charge in [0.15, 0.2) is 0 Å². The molecule has 0 aliphatic heterocycles. The Bertz CT molecular complexity index is 517. The third kappa shape index (κ3) is 2.95. The molecule has 2 aromatic rings. The van der Waals surface area contributed by atoms with E-state index < -0.39 is 11.7 Å². The van der Waals surface area contributed by atoms with Gasteiger partial charge in [-0.1, -0.05) is 0 Å². The van der Waals surface area contributed by atoms with Crippen molar-refractivity contribution in [1.29, 1.82) is 0 Å². The molecule has 1 aromatic heterocycles. The van der Waals surface area contributed by atoms with Gasteiger partial charge in [-0.05, 0) is 35.7 Å². The van der Waals surface area contributed by atoms with Gasteiger partial charge in [-0.2, -0.15) is 13.2 Å². The van der Waals surface area contributed by atoms with Crippen LogP contribution in [0.3, 0.4) is 0 Å². The summed E-state index contributed by atoms with van der Waals surface area (Å²) in [5.74, 6) is 0. The van der Waals surface area contributed by atoms with Crippen LogP contribution < -0.4 is 11.1 Å². The van der Waals surface area contributed by atoms with Crippen molar-refractivity contribution < 1.29 is 13.2 Å². The first kappa shape index (κ1) is 12.8. The molecule has 1 heterocycles. The van der Waals surface area contributed by atoms with E-state index in [-0.39, 0.29) is 0 Å². The van der Waals surface area contributed by atoms with Crippen LogP contribution in [-0.2, 0) is 12.7 Å². The molecule has 0 aliphatic rings. The summed E-state index contributed by atoms with van der Waals surface area (Å²) in [6, 6.07) is 6.73. The Labute approximate surface area is 106 Å². The third-order valence-corrected chi connectivity index (χ3v) is 3.38. The van der Waals surface area contributed by atoms with Gasteiger partial charge in [-0.25, -0.2) is 0 Å². The summed E-state index contributed by atoms with van der Waals surface area (Å²) >= 11 is 1.51. The van der Waals surface area contributed by atoms with Crippen molar-refractivity contribution in [2.45, 2.75) is 12.7 Å². The van der Waals surface area contributed by atoms with Crippen molar-refractivity contribution in [3.05, 3.63) is 46.2 Å². The van der Waals surface area contributed by atoms with Crippen LogP contribution in [0.2, 0.25) is 0 Å². The van der Waals surface area contributed by atoms with Crippen LogP contribution in [0.25, 0.3) is 0 Å². The summed E-state index contributed by atoms with van der Waals surface area (Å²) in [5, 5.41) is 4.90. The van der Waals surface area contributed by atoms with Crippen molar-refractivity contribution in [1.82, 2.24) is 0 Å². The molecule has 18 heavy (non-hydrogen) atoms. The van der Waals surface area contributed by atoms with E-state index >= 15 is 0 Å². The van der Waals surface area contributed by atoms with E-state index in [1.165, 1.54) is 23.5 Å². The minimum Gasteiger partial charge on any atom is -0.398 e. The Balaban J connectivity index is 2.01. The Morgan fingerprint density at radius 2 is 1.78 bits per heavy atom.